The number of nitrogens with one attached hydrogen (secondary N) is 1. The van der Waals surface area contributed by atoms with Crippen molar-refractivity contribution in [1.82, 2.24) is 4.90 Å². The third kappa shape index (κ3) is 3.74. The summed E-state index contributed by atoms with van der Waals surface area (Å²) in [7, 11) is 4.75. The van der Waals surface area contributed by atoms with Crippen molar-refractivity contribution in [3.8, 4) is 11.8 Å². The molecule has 4 aliphatic rings. The Morgan fingerprint density at radius 3 is 2.92 bits per heavy atom. The molecule has 196 valence electrons. The molecule has 9 nitrogen and oxygen atoms in total. The van der Waals surface area contributed by atoms with E-state index in [1.807, 2.05) is 6.07 Å². The predicted molar refractivity (Wildman–Crippen MR) is 127 cm³/mol. The summed E-state index contributed by atoms with van der Waals surface area (Å²) in [4.78, 5) is 15.6. The second kappa shape index (κ2) is 10.1. The van der Waals surface area contributed by atoms with Crippen LogP contribution in [0.4, 0.5) is 5.69 Å². The Balaban J connectivity index is 1.60. The Morgan fingerprint density at radius 2 is 2.22 bits per heavy atom. The monoisotopic (exact) mass is 610 g/mol. The molecule has 4 aliphatic heterocycles. The molecule has 0 bridgehead atoms. The SMILES string of the molecule is CC[C@@H]1CN2CC[C@@]34OC[I-]O[C@@]3(Nc3cc(C#N)cc(OC)c34)[C@@H]2C[C@@H]1/C(=C\OC)C(=O)COC. The van der Waals surface area contributed by atoms with E-state index < -0.39 is 32.9 Å². The van der Waals surface area contributed by atoms with Gasteiger partial charge in [-0.05, 0) is 0 Å². The number of rotatable bonds is 7. The van der Waals surface area contributed by atoms with Gasteiger partial charge in [0.05, 0.1) is 0 Å². The van der Waals surface area contributed by atoms with E-state index in [0.717, 1.165) is 37.2 Å². The molecule has 5 atom stereocenters. The number of hydrogen-bond donors (Lipinski definition) is 1. The zero-order valence-corrected chi connectivity index (χ0v) is 23.3. The first-order valence-corrected chi connectivity index (χ1v) is 14.7. The van der Waals surface area contributed by atoms with Crippen molar-refractivity contribution in [2.45, 2.75) is 43.6 Å². The summed E-state index contributed by atoms with van der Waals surface area (Å²) in [6, 6.07) is 5.85. The zero-order valence-electron chi connectivity index (χ0n) is 21.1. The summed E-state index contributed by atoms with van der Waals surface area (Å²) in [6.07, 6.45) is 4.01. The van der Waals surface area contributed by atoms with E-state index >= 15 is 0 Å². The Morgan fingerprint density at radius 1 is 1.39 bits per heavy atom. The number of piperidine rings is 2. The molecule has 0 aromatic heterocycles. The van der Waals surface area contributed by atoms with Crippen molar-refractivity contribution in [1.29, 1.82) is 5.26 Å². The van der Waals surface area contributed by atoms with Crippen LogP contribution in [0.15, 0.2) is 24.0 Å². The Hall–Kier alpha value is -1.91. The molecule has 0 radical (unpaired) electrons. The van der Waals surface area contributed by atoms with Gasteiger partial charge >= 0.3 is 223 Å². The van der Waals surface area contributed by atoms with E-state index in [2.05, 4.69) is 23.2 Å². The molecule has 4 heterocycles. The predicted octanol–water partition coefficient (Wildman–Crippen LogP) is -0.242. The standard InChI is InChI=1S/C26H33IN3O6/c1-5-17-12-30-7-6-25-24-20(8-16(11-28)9-22(24)34-4)29-26(25,36-27-15-35-25)23(30)10-18(17)19(13-32-2)21(31)14-33-3/h8-9,13,17-18,23,29H,5-7,10,12,14-15H2,1-4H3/q-1/b19-13+/t17-,18+,23+,25+,26+/m1/s1. The fourth-order valence-corrected chi connectivity index (χ4v) is 8.76. The summed E-state index contributed by atoms with van der Waals surface area (Å²) < 4.78 is 30.5. The van der Waals surface area contributed by atoms with Crippen LogP contribution >= 0.6 is 0 Å². The van der Waals surface area contributed by atoms with Gasteiger partial charge in [-0.1, -0.05) is 0 Å². The Kier molecular flexibility index (Phi) is 7.22. The first-order valence-electron chi connectivity index (χ1n) is 12.3. The van der Waals surface area contributed by atoms with Crippen LogP contribution in [0.1, 0.15) is 37.3 Å². The minimum atomic E-state index is -0.820. The fourth-order valence-electron chi connectivity index (χ4n) is 6.72. The second-order valence-corrected chi connectivity index (χ2v) is 11.5. The van der Waals surface area contributed by atoms with Gasteiger partial charge in [0.25, 0.3) is 0 Å². The number of nitrogens with zero attached hydrogens (tertiary/aromatic N) is 2. The van der Waals surface area contributed by atoms with E-state index in [4.69, 9.17) is 22.0 Å². The molecule has 1 aromatic rings. The molecule has 3 fully saturated rings. The maximum atomic E-state index is 13.1. The van der Waals surface area contributed by atoms with Gasteiger partial charge in [0.15, 0.2) is 0 Å². The molecule has 0 aliphatic carbocycles. The first kappa shape index (κ1) is 25.7. The molecule has 5 rings (SSSR count). The van der Waals surface area contributed by atoms with Gasteiger partial charge in [0.1, 0.15) is 0 Å². The summed E-state index contributed by atoms with van der Waals surface area (Å²) >= 11 is -0.658. The van der Waals surface area contributed by atoms with Crippen LogP contribution in [-0.4, -0.2) is 68.1 Å². The maximum absolute atomic E-state index is 13.1. The van der Waals surface area contributed by atoms with Gasteiger partial charge in [-0.15, -0.1) is 0 Å². The van der Waals surface area contributed by atoms with Gasteiger partial charge in [0, 0.05) is 0 Å². The molecule has 1 aromatic carbocycles. The second-order valence-electron chi connectivity index (χ2n) is 9.78. The quantitative estimate of drug-likeness (QED) is 0.194. The Labute approximate surface area is 222 Å². The van der Waals surface area contributed by atoms with Crippen LogP contribution in [0.3, 0.4) is 0 Å². The van der Waals surface area contributed by atoms with Crippen LogP contribution in [0.5, 0.6) is 5.75 Å². The van der Waals surface area contributed by atoms with Gasteiger partial charge in [0.2, 0.25) is 0 Å². The van der Waals surface area contributed by atoms with Gasteiger partial charge in [-0.2, -0.15) is 0 Å². The van der Waals surface area contributed by atoms with Crippen LogP contribution in [0, 0.1) is 23.2 Å². The number of nitriles is 1. The Bertz CT molecular complexity index is 1110. The normalized spacial score (nSPS) is 33.5. The molecule has 0 unspecified atom stereocenters. The van der Waals surface area contributed by atoms with Gasteiger partial charge in [-0.3, -0.25) is 0 Å². The summed E-state index contributed by atoms with van der Waals surface area (Å²) in [5, 5.41) is 13.3. The third-order valence-corrected chi connectivity index (χ3v) is 9.81. The molecule has 3 saturated heterocycles. The van der Waals surface area contributed by atoms with Crippen molar-refractivity contribution in [2.75, 3.05) is 51.0 Å². The van der Waals surface area contributed by atoms with E-state index in [0.29, 0.717) is 33.8 Å². The topological polar surface area (TPSA) is 102 Å². The van der Waals surface area contributed by atoms with Crippen molar-refractivity contribution in [2.24, 2.45) is 11.8 Å². The molecular weight excluding hydrogens is 577 g/mol. The summed E-state index contributed by atoms with van der Waals surface area (Å²) in [5.41, 5.74) is 1.41. The van der Waals surface area contributed by atoms with Crippen LogP contribution in [0.25, 0.3) is 0 Å². The molecule has 0 spiro atoms. The molecule has 1 N–H and O–H groups in total. The van der Waals surface area contributed by atoms with Crippen LogP contribution < -0.4 is 31.7 Å². The average molecular weight is 610 g/mol. The third-order valence-electron chi connectivity index (χ3n) is 8.24. The van der Waals surface area contributed by atoms with Crippen LogP contribution in [0.2, 0.25) is 0 Å². The molecule has 0 saturated carbocycles. The molecule has 0 amide bonds. The molecule has 10 heteroatoms. The number of ketones is 1. The zero-order chi connectivity index (χ0) is 25.5. The number of carbonyl (C=O) groups excluding carboxylic acids is 1. The first-order chi connectivity index (χ1) is 17.5. The van der Waals surface area contributed by atoms with E-state index in [1.54, 1.807) is 26.5 Å². The fraction of sp³-hybridized carbons (Fsp3) is 0.615. The molecule has 36 heavy (non-hydrogen) atoms. The van der Waals surface area contributed by atoms with Crippen molar-refractivity contribution < 1.29 is 48.4 Å². The number of methoxy groups -OCH3 is 3. The van der Waals surface area contributed by atoms with Crippen molar-refractivity contribution in [3.63, 3.8) is 0 Å². The molecular formula is C26H33IN3O6-. The van der Waals surface area contributed by atoms with Gasteiger partial charge in [-0.25, -0.2) is 0 Å². The number of halogens is 1. The minimum absolute atomic E-state index is 0.00479. The van der Waals surface area contributed by atoms with Gasteiger partial charge < -0.3 is 0 Å². The van der Waals surface area contributed by atoms with Crippen LogP contribution in [-0.2, 0) is 27.7 Å². The van der Waals surface area contributed by atoms with E-state index in [9.17, 15) is 10.1 Å². The van der Waals surface area contributed by atoms with E-state index in [-0.39, 0.29) is 24.3 Å². The number of carbonyl (C=O) groups is 1. The number of hydrogen-bond acceptors (Lipinski definition) is 9. The summed E-state index contributed by atoms with van der Waals surface area (Å²) in [5.74, 6) is 0.890. The number of fused-ring (bicyclic) bond motifs is 2. The van der Waals surface area contributed by atoms with Crippen molar-refractivity contribution >= 4 is 11.5 Å². The summed E-state index contributed by atoms with van der Waals surface area (Å²) in [6.45, 7) is 3.90. The number of anilines is 1. The average Bonchev–Trinajstić information content (AvgIpc) is 3.22. The number of alkyl halides is 1. The number of benzene rings is 1. The number of ether oxygens (including phenoxy) is 4. The number of Topliss-reactive ketones (excluding diaryl/α,β-unsaturated/α-hetero) is 1. The van der Waals surface area contributed by atoms with Crippen molar-refractivity contribution in [3.05, 3.63) is 35.1 Å². The van der Waals surface area contributed by atoms with E-state index in [1.165, 1.54) is 7.11 Å².